The Morgan fingerprint density at radius 2 is 2.33 bits per heavy atom. The van der Waals surface area contributed by atoms with Crippen LogP contribution < -0.4 is 5.73 Å². The molecule has 118 valence electrons. The van der Waals surface area contributed by atoms with E-state index >= 15 is 0 Å². The summed E-state index contributed by atoms with van der Waals surface area (Å²) in [4.78, 5) is 21.0. The Labute approximate surface area is 134 Å². The molecule has 1 amide bonds. The number of carbonyl (C=O) groups excluding carboxylic acids is 1. The van der Waals surface area contributed by atoms with Gasteiger partial charge < -0.3 is 10.6 Å². The lowest BCUT2D eigenvalue weighted by atomic mass is 10.2. The number of rotatable bonds is 6. The van der Waals surface area contributed by atoms with Crippen molar-refractivity contribution in [2.24, 2.45) is 5.73 Å². The van der Waals surface area contributed by atoms with Crippen molar-refractivity contribution in [1.82, 2.24) is 14.8 Å². The molecule has 1 fully saturated rings. The van der Waals surface area contributed by atoms with Crippen molar-refractivity contribution in [1.29, 1.82) is 0 Å². The minimum atomic E-state index is -0.345. The third-order valence-electron chi connectivity index (χ3n) is 3.72. The molecule has 1 aliphatic heterocycles. The number of aromatic nitrogens is 1. The van der Waals surface area contributed by atoms with Gasteiger partial charge in [0.1, 0.15) is 0 Å². The van der Waals surface area contributed by atoms with Gasteiger partial charge in [-0.05, 0) is 24.9 Å². The van der Waals surface area contributed by atoms with Gasteiger partial charge in [-0.15, -0.1) is 11.3 Å². The summed E-state index contributed by atoms with van der Waals surface area (Å²) in [6.45, 7) is 4.39. The largest absolute Gasteiger partial charge is 0.340 e. The molecule has 0 bridgehead atoms. The second kappa shape index (κ2) is 8.73. The van der Waals surface area contributed by atoms with Crippen LogP contribution in [0.15, 0.2) is 10.9 Å². The molecular weight excluding hydrogens is 304 g/mol. The van der Waals surface area contributed by atoms with E-state index < -0.39 is 0 Å². The quantitative estimate of drug-likeness (QED) is 0.852. The minimum absolute atomic E-state index is 0.111. The lowest BCUT2D eigenvalue weighted by molar-refractivity contribution is -0.132. The number of hydrogen-bond acceptors (Lipinski definition) is 6. The van der Waals surface area contributed by atoms with E-state index in [1.807, 2.05) is 16.7 Å². The van der Waals surface area contributed by atoms with Gasteiger partial charge in [-0.3, -0.25) is 9.69 Å². The number of nitrogens with two attached hydrogens (primary N) is 1. The van der Waals surface area contributed by atoms with Crippen LogP contribution in [-0.4, -0.2) is 64.9 Å². The van der Waals surface area contributed by atoms with Crippen LogP contribution in [0, 0.1) is 0 Å². The third-order valence-corrected chi connectivity index (χ3v) is 5.00. The fourth-order valence-electron chi connectivity index (χ4n) is 2.50. The van der Waals surface area contributed by atoms with E-state index in [0.29, 0.717) is 0 Å². The fraction of sp³-hybridized carbons (Fsp3) is 0.714. The summed E-state index contributed by atoms with van der Waals surface area (Å²) < 4.78 is 0. The Kier molecular flexibility index (Phi) is 6.95. The first-order valence-electron chi connectivity index (χ1n) is 7.33. The van der Waals surface area contributed by atoms with Crippen LogP contribution in [0.5, 0.6) is 0 Å². The van der Waals surface area contributed by atoms with Crippen LogP contribution in [-0.2, 0) is 11.3 Å². The average Bonchev–Trinajstić information content (AvgIpc) is 2.89. The molecule has 21 heavy (non-hydrogen) atoms. The Hall–Kier alpha value is -0.630. The standard InChI is InChI=1S/C14H24N4OS2/c1-20-8-3-13(15)14(19)18-5-2-4-17(6-7-18)9-12-10-21-11-16-12/h10-11,13H,2-9,15H2,1H3. The zero-order valence-electron chi connectivity index (χ0n) is 12.5. The number of carbonyl (C=O) groups is 1. The lowest BCUT2D eigenvalue weighted by Gasteiger charge is -2.24. The van der Waals surface area contributed by atoms with Crippen molar-refractivity contribution in [3.8, 4) is 0 Å². The van der Waals surface area contributed by atoms with Crippen LogP contribution in [0.3, 0.4) is 0 Å². The Morgan fingerprint density at radius 3 is 3.05 bits per heavy atom. The summed E-state index contributed by atoms with van der Waals surface area (Å²) in [6.07, 6.45) is 3.81. The van der Waals surface area contributed by atoms with Gasteiger partial charge >= 0.3 is 0 Å². The Balaban J connectivity index is 1.81. The van der Waals surface area contributed by atoms with Gasteiger partial charge in [-0.1, -0.05) is 0 Å². The zero-order chi connectivity index (χ0) is 15.1. The molecule has 2 rings (SSSR count). The molecule has 2 heterocycles. The van der Waals surface area contributed by atoms with Gasteiger partial charge in [0.25, 0.3) is 0 Å². The molecule has 2 N–H and O–H groups in total. The normalized spacial score (nSPS) is 18.5. The van der Waals surface area contributed by atoms with Crippen LogP contribution in [0.2, 0.25) is 0 Å². The third kappa shape index (κ3) is 5.25. The van der Waals surface area contributed by atoms with E-state index in [1.54, 1.807) is 23.1 Å². The molecule has 1 saturated heterocycles. The highest BCUT2D eigenvalue weighted by Gasteiger charge is 2.23. The summed E-state index contributed by atoms with van der Waals surface area (Å²) in [5.41, 5.74) is 8.99. The molecule has 1 aromatic heterocycles. The number of thiazole rings is 1. The molecule has 0 radical (unpaired) electrons. The summed E-state index contributed by atoms with van der Waals surface area (Å²) in [5, 5.41) is 2.09. The van der Waals surface area contributed by atoms with Crippen LogP contribution in [0.1, 0.15) is 18.5 Å². The van der Waals surface area contributed by atoms with Crippen molar-refractivity contribution in [2.45, 2.75) is 25.4 Å². The summed E-state index contributed by atoms with van der Waals surface area (Å²) >= 11 is 3.37. The van der Waals surface area contributed by atoms with Gasteiger partial charge in [-0.25, -0.2) is 4.98 Å². The maximum Gasteiger partial charge on any atom is 0.239 e. The van der Waals surface area contributed by atoms with Gasteiger partial charge in [0.2, 0.25) is 5.91 Å². The van der Waals surface area contributed by atoms with Crippen LogP contribution >= 0.6 is 23.1 Å². The lowest BCUT2D eigenvalue weighted by Crippen LogP contribution is -2.45. The van der Waals surface area contributed by atoms with Crippen LogP contribution in [0.4, 0.5) is 0 Å². The second-order valence-electron chi connectivity index (χ2n) is 5.32. The van der Waals surface area contributed by atoms with Crippen LogP contribution in [0.25, 0.3) is 0 Å². The predicted molar refractivity (Wildman–Crippen MR) is 89.6 cm³/mol. The minimum Gasteiger partial charge on any atom is -0.340 e. The van der Waals surface area contributed by atoms with E-state index in [1.165, 1.54) is 0 Å². The highest BCUT2D eigenvalue weighted by Crippen LogP contribution is 2.11. The number of amides is 1. The maximum absolute atomic E-state index is 12.3. The first kappa shape index (κ1) is 16.7. The smallest absolute Gasteiger partial charge is 0.239 e. The van der Waals surface area contributed by atoms with Gasteiger partial charge in [-0.2, -0.15) is 11.8 Å². The molecule has 0 saturated carbocycles. The highest BCUT2D eigenvalue weighted by atomic mass is 32.2. The maximum atomic E-state index is 12.3. The molecule has 0 aliphatic carbocycles. The average molecular weight is 329 g/mol. The topological polar surface area (TPSA) is 62.5 Å². The van der Waals surface area contributed by atoms with Crippen molar-refractivity contribution in [3.05, 3.63) is 16.6 Å². The Morgan fingerprint density at radius 1 is 1.48 bits per heavy atom. The molecule has 1 aliphatic rings. The number of nitrogens with zero attached hydrogens (tertiary/aromatic N) is 3. The van der Waals surface area contributed by atoms with Crippen molar-refractivity contribution < 1.29 is 4.79 Å². The number of thioether (sulfide) groups is 1. The Bertz CT molecular complexity index is 427. The molecule has 7 heteroatoms. The summed E-state index contributed by atoms with van der Waals surface area (Å²) in [5.74, 6) is 1.05. The molecule has 1 atom stereocenters. The summed E-state index contributed by atoms with van der Waals surface area (Å²) in [6, 6.07) is -0.345. The van der Waals surface area contributed by atoms with E-state index in [2.05, 4.69) is 15.3 Å². The van der Waals surface area contributed by atoms with E-state index in [-0.39, 0.29) is 11.9 Å². The summed E-state index contributed by atoms with van der Waals surface area (Å²) in [7, 11) is 0. The van der Waals surface area contributed by atoms with Gasteiger partial charge in [0, 0.05) is 38.1 Å². The zero-order valence-corrected chi connectivity index (χ0v) is 14.2. The SMILES string of the molecule is CSCCC(N)C(=O)N1CCCN(Cc2cscn2)CC1. The molecular formula is C14H24N4OS2. The molecule has 1 aromatic rings. The van der Waals surface area contributed by atoms with Crippen molar-refractivity contribution in [2.75, 3.05) is 38.2 Å². The van der Waals surface area contributed by atoms with Gasteiger partial charge in [0.15, 0.2) is 0 Å². The highest BCUT2D eigenvalue weighted by molar-refractivity contribution is 7.98. The molecule has 1 unspecified atom stereocenters. The first-order valence-corrected chi connectivity index (χ1v) is 9.67. The molecule has 5 nitrogen and oxygen atoms in total. The number of hydrogen-bond donors (Lipinski definition) is 1. The van der Waals surface area contributed by atoms with E-state index in [9.17, 15) is 4.79 Å². The second-order valence-corrected chi connectivity index (χ2v) is 7.03. The first-order chi connectivity index (χ1) is 10.2. The van der Waals surface area contributed by atoms with E-state index in [4.69, 9.17) is 5.73 Å². The van der Waals surface area contributed by atoms with Gasteiger partial charge in [0.05, 0.1) is 17.2 Å². The van der Waals surface area contributed by atoms with Crippen molar-refractivity contribution >= 4 is 29.0 Å². The molecule has 0 spiro atoms. The fourth-order valence-corrected chi connectivity index (χ4v) is 3.54. The van der Waals surface area contributed by atoms with E-state index in [0.717, 1.165) is 57.0 Å². The molecule has 0 aromatic carbocycles. The predicted octanol–water partition coefficient (Wildman–Crippen LogP) is 1.26. The monoisotopic (exact) mass is 328 g/mol. The van der Waals surface area contributed by atoms with Crippen molar-refractivity contribution in [3.63, 3.8) is 0 Å².